The minimum atomic E-state index is -1.48. The molecule has 1 fully saturated rings. The van der Waals surface area contributed by atoms with Gasteiger partial charge in [-0.2, -0.15) is 0 Å². The van der Waals surface area contributed by atoms with Gasteiger partial charge in [-0.1, -0.05) is 115 Å². The summed E-state index contributed by atoms with van der Waals surface area (Å²) in [5.41, 5.74) is 6.88. The van der Waals surface area contributed by atoms with E-state index in [4.69, 9.17) is 23.7 Å². The quantitative estimate of drug-likeness (QED) is 0.113. The Morgan fingerprint density at radius 2 is 1.26 bits per heavy atom. The highest BCUT2D eigenvalue weighted by atomic mass is 32.1. The molecule has 278 valence electrons. The molecule has 0 spiro atoms. The molecule has 8 heteroatoms. The minimum absolute atomic E-state index is 0.253. The lowest BCUT2D eigenvalue weighted by Crippen LogP contribution is -2.66. The fraction of sp³-hybridized carbons (Fsp3) is 0.261. The molecule has 1 saturated heterocycles. The second-order valence-corrected chi connectivity index (χ2v) is 14.7. The van der Waals surface area contributed by atoms with E-state index in [9.17, 15) is 9.50 Å². The van der Waals surface area contributed by atoms with Crippen LogP contribution in [0, 0.1) is 12.7 Å². The Morgan fingerprint density at radius 3 is 1.83 bits per heavy atom. The van der Waals surface area contributed by atoms with Crippen LogP contribution in [0.1, 0.15) is 38.3 Å². The Morgan fingerprint density at radius 1 is 0.685 bits per heavy atom. The molecule has 0 saturated carbocycles. The molecule has 5 atom stereocenters. The summed E-state index contributed by atoms with van der Waals surface area (Å²) in [6.45, 7) is 2.60. The van der Waals surface area contributed by atoms with E-state index in [-0.39, 0.29) is 32.2 Å². The number of thiophene rings is 1. The monoisotopic (exact) mass is 744 g/mol. The third-order valence-electron chi connectivity index (χ3n) is 9.92. The largest absolute Gasteiger partial charge is 0.394 e. The Kier molecular flexibility index (Phi) is 12.4. The van der Waals surface area contributed by atoms with E-state index in [1.165, 1.54) is 12.1 Å². The molecule has 1 aromatic heterocycles. The van der Waals surface area contributed by atoms with Gasteiger partial charge in [0.05, 0.1) is 26.4 Å². The summed E-state index contributed by atoms with van der Waals surface area (Å²) in [6, 6.07) is 46.8. The Bertz CT molecular complexity index is 2060. The van der Waals surface area contributed by atoms with Gasteiger partial charge < -0.3 is 28.8 Å². The van der Waals surface area contributed by atoms with Gasteiger partial charge in [0.2, 0.25) is 5.79 Å². The third-order valence-corrected chi connectivity index (χ3v) is 11.1. The molecular weight excluding hydrogens is 700 g/mol. The number of halogens is 1. The van der Waals surface area contributed by atoms with E-state index < -0.39 is 30.2 Å². The van der Waals surface area contributed by atoms with Gasteiger partial charge in [-0.05, 0) is 70.6 Å². The molecule has 5 aromatic carbocycles. The smallest absolute Gasteiger partial charge is 0.225 e. The van der Waals surface area contributed by atoms with Crippen LogP contribution in [-0.4, -0.2) is 43.2 Å². The molecule has 0 bridgehead atoms. The van der Waals surface area contributed by atoms with Crippen LogP contribution in [0.25, 0.3) is 10.4 Å². The van der Waals surface area contributed by atoms with Crippen LogP contribution >= 0.6 is 11.3 Å². The van der Waals surface area contributed by atoms with E-state index in [1.54, 1.807) is 30.6 Å². The molecule has 1 unspecified atom stereocenters. The summed E-state index contributed by atoms with van der Waals surface area (Å²) in [6.07, 6.45) is -2.39. The van der Waals surface area contributed by atoms with Crippen molar-refractivity contribution in [2.24, 2.45) is 0 Å². The van der Waals surface area contributed by atoms with Crippen molar-refractivity contribution in [2.75, 3.05) is 13.7 Å². The maximum absolute atomic E-state index is 13.6. The molecule has 0 aliphatic carbocycles. The number of aryl methyl sites for hydroxylation is 1. The Hall–Kier alpha value is -4.51. The molecule has 54 heavy (non-hydrogen) atoms. The number of rotatable bonds is 15. The lowest BCUT2D eigenvalue weighted by molar-refractivity contribution is -0.384. The predicted molar refractivity (Wildman–Crippen MR) is 209 cm³/mol. The second-order valence-electron chi connectivity index (χ2n) is 13.5. The maximum Gasteiger partial charge on any atom is 0.225 e. The summed E-state index contributed by atoms with van der Waals surface area (Å²) in [4.78, 5) is 2.23. The van der Waals surface area contributed by atoms with Crippen LogP contribution in [-0.2, 0) is 55.7 Å². The average Bonchev–Trinajstić information content (AvgIpc) is 3.69. The van der Waals surface area contributed by atoms with E-state index in [0.29, 0.717) is 6.42 Å². The average molecular weight is 745 g/mol. The number of benzene rings is 5. The molecule has 6 nitrogen and oxygen atoms in total. The van der Waals surface area contributed by atoms with Crippen molar-refractivity contribution in [3.8, 4) is 10.4 Å². The van der Waals surface area contributed by atoms with Crippen molar-refractivity contribution in [3.05, 3.63) is 190 Å². The summed E-state index contributed by atoms with van der Waals surface area (Å²) in [7, 11) is 1.61. The van der Waals surface area contributed by atoms with E-state index in [2.05, 4.69) is 31.2 Å². The second kappa shape index (κ2) is 17.8. The van der Waals surface area contributed by atoms with Crippen LogP contribution in [0.15, 0.2) is 146 Å². The molecule has 0 radical (unpaired) electrons. The lowest BCUT2D eigenvalue weighted by atomic mass is 9.85. The topological polar surface area (TPSA) is 66.4 Å². The van der Waals surface area contributed by atoms with Gasteiger partial charge in [0, 0.05) is 28.8 Å². The molecule has 7 rings (SSSR count). The van der Waals surface area contributed by atoms with Crippen LogP contribution in [0.3, 0.4) is 0 Å². The van der Waals surface area contributed by atoms with Gasteiger partial charge in [0.15, 0.2) is 0 Å². The van der Waals surface area contributed by atoms with Crippen molar-refractivity contribution in [3.63, 3.8) is 0 Å². The van der Waals surface area contributed by atoms with Crippen LogP contribution in [0.2, 0.25) is 0 Å². The van der Waals surface area contributed by atoms with Crippen molar-refractivity contribution in [2.45, 2.75) is 63.4 Å². The van der Waals surface area contributed by atoms with Crippen molar-refractivity contribution in [1.82, 2.24) is 0 Å². The van der Waals surface area contributed by atoms with Gasteiger partial charge in [-0.25, -0.2) is 4.39 Å². The van der Waals surface area contributed by atoms with Gasteiger partial charge in [0.25, 0.3) is 0 Å². The van der Waals surface area contributed by atoms with E-state index in [1.807, 2.05) is 97.1 Å². The lowest BCUT2D eigenvalue weighted by Gasteiger charge is -2.52. The van der Waals surface area contributed by atoms with Crippen molar-refractivity contribution < 1.29 is 33.2 Å². The van der Waals surface area contributed by atoms with Gasteiger partial charge in [-0.3, -0.25) is 0 Å². The zero-order valence-corrected chi connectivity index (χ0v) is 31.3. The highest BCUT2D eigenvalue weighted by molar-refractivity contribution is 7.15. The van der Waals surface area contributed by atoms with E-state index in [0.717, 1.165) is 48.7 Å². The highest BCUT2D eigenvalue weighted by Crippen LogP contribution is 2.44. The number of ether oxygens (including phenoxy) is 5. The zero-order chi connectivity index (χ0) is 37.3. The highest BCUT2D eigenvalue weighted by Gasteiger charge is 2.58. The summed E-state index contributed by atoms with van der Waals surface area (Å²) in [5.74, 6) is -1.73. The van der Waals surface area contributed by atoms with Gasteiger partial charge >= 0.3 is 0 Å². The van der Waals surface area contributed by atoms with Gasteiger partial charge in [-0.15, -0.1) is 11.3 Å². The Labute approximate surface area is 320 Å². The minimum Gasteiger partial charge on any atom is -0.394 e. The fourth-order valence-electron chi connectivity index (χ4n) is 7.01. The van der Waals surface area contributed by atoms with E-state index >= 15 is 0 Å². The number of hydrogen-bond donors (Lipinski definition) is 1. The number of aliphatic hydroxyl groups is 1. The Balaban J connectivity index is 1.27. The summed E-state index contributed by atoms with van der Waals surface area (Å²) < 4.78 is 47.4. The molecule has 1 N–H and O–H groups in total. The van der Waals surface area contributed by atoms with Crippen LogP contribution < -0.4 is 0 Å². The normalized spacial score (nSPS) is 21.3. The fourth-order valence-corrected chi connectivity index (χ4v) is 8.04. The molecule has 6 aromatic rings. The maximum atomic E-state index is 13.6. The molecule has 2 heterocycles. The third kappa shape index (κ3) is 8.72. The molecular formula is C46H45FO6S. The first-order chi connectivity index (χ1) is 26.5. The first kappa shape index (κ1) is 37.8. The SMILES string of the molecule is CO[C@@]1(c2ccc(C)c(Cc3ccc(-c4ccc(F)cc4)s3)c2)O[C@H](CO)[C@@H](OCc2ccccc2)C(OCc2ccccc2)[C@H]1OCc1ccccc1. The van der Waals surface area contributed by atoms with Crippen molar-refractivity contribution >= 4 is 11.3 Å². The van der Waals surface area contributed by atoms with Crippen LogP contribution in [0.5, 0.6) is 0 Å². The van der Waals surface area contributed by atoms with Gasteiger partial charge in [0.1, 0.15) is 30.2 Å². The first-order valence-corrected chi connectivity index (χ1v) is 19.0. The predicted octanol–water partition coefficient (Wildman–Crippen LogP) is 9.40. The standard InChI is InChI=1S/C46H45FO6S/c1-32-18-21-38(26-37(32)27-40-24-25-42(54-40)36-19-22-39(47)23-20-36)46(49-2)45(52-31-35-16-10-5-11-17-35)44(51-30-34-14-8-4-9-15-34)43(41(28-48)53-46)50-29-33-12-6-3-7-13-33/h3-26,41,43-45,48H,27-31H2,1-2H3/t41-,43-,44?,45-,46+/m1/s1. The van der Waals surface area contributed by atoms with Crippen molar-refractivity contribution in [1.29, 1.82) is 0 Å². The first-order valence-electron chi connectivity index (χ1n) is 18.2. The number of hydrogen-bond acceptors (Lipinski definition) is 7. The summed E-state index contributed by atoms with van der Waals surface area (Å²) in [5, 5.41) is 11.0. The molecule has 1 aliphatic rings. The number of methoxy groups -OCH3 is 1. The molecule has 1 aliphatic heterocycles. The van der Waals surface area contributed by atoms with Crippen LogP contribution in [0.4, 0.5) is 4.39 Å². The molecule has 0 amide bonds. The summed E-state index contributed by atoms with van der Waals surface area (Å²) >= 11 is 1.68. The zero-order valence-electron chi connectivity index (χ0n) is 30.5. The number of aliphatic hydroxyl groups excluding tert-OH is 1.